The number of nitrogens with zero attached hydrogens (tertiary/aromatic N) is 3. The number of aromatic nitrogens is 2. The molecule has 0 saturated carbocycles. The van der Waals surface area contributed by atoms with Gasteiger partial charge < -0.3 is 9.64 Å². The Hall–Kier alpha value is -1.69. The molecule has 6 heteroatoms. The Morgan fingerprint density at radius 1 is 1.12 bits per heavy atom. The number of morpholine rings is 1. The summed E-state index contributed by atoms with van der Waals surface area (Å²) in [5, 5.41) is 4.01. The lowest BCUT2D eigenvalue weighted by Gasteiger charge is -2.36. The summed E-state index contributed by atoms with van der Waals surface area (Å²) >= 11 is 7.68. The third-order valence-electron chi connectivity index (χ3n) is 4.22. The molecule has 0 N–H and O–H groups in total. The molecule has 0 aliphatic carbocycles. The molecule has 1 aliphatic heterocycles. The maximum Gasteiger partial charge on any atom is 0.141 e. The van der Waals surface area contributed by atoms with E-state index >= 15 is 0 Å². The van der Waals surface area contributed by atoms with Crippen molar-refractivity contribution in [1.29, 1.82) is 0 Å². The number of thiophene rings is 1. The zero-order chi connectivity index (χ0) is 16.7. The van der Waals surface area contributed by atoms with E-state index in [0.717, 1.165) is 45.3 Å². The first-order valence-electron chi connectivity index (χ1n) is 8.00. The summed E-state index contributed by atoms with van der Waals surface area (Å²) in [5.74, 6) is 0.994. The van der Waals surface area contributed by atoms with Gasteiger partial charge in [0.25, 0.3) is 0 Å². The first kappa shape index (κ1) is 15.8. The normalized spacial score (nSPS) is 21.4. The van der Waals surface area contributed by atoms with Gasteiger partial charge in [-0.15, -0.1) is 11.3 Å². The standard InChI is InChI=1S/C18H18ClN3OS/c1-11-7-22(8-12(2)23-11)17-16-15(9-24-18(16)21-10-20-17)13-3-5-14(19)6-4-13/h3-6,9-12H,7-8H2,1-2H3/t11-,12-/m0/s1. The third-order valence-corrected chi connectivity index (χ3v) is 5.36. The van der Waals surface area contributed by atoms with Crippen LogP contribution >= 0.6 is 22.9 Å². The molecule has 2 atom stereocenters. The highest BCUT2D eigenvalue weighted by molar-refractivity contribution is 7.17. The van der Waals surface area contributed by atoms with Crippen molar-refractivity contribution in [3.05, 3.63) is 41.0 Å². The van der Waals surface area contributed by atoms with Crippen LogP contribution in [-0.4, -0.2) is 35.3 Å². The van der Waals surface area contributed by atoms with E-state index in [-0.39, 0.29) is 12.2 Å². The molecule has 1 aromatic carbocycles. The zero-order valence-corrected chi connectivity index (χ0v) is 15.1. The molecular weight excluding hydrogens is 342 g/mol. The lowest BCUT2D eigenvalue weighted by molar-refractivity contribution is -0.00537. The fraction of sp³-hybridized carbons (Fsp3) is 0.333. The van der Waals surface area contributed by atoms with Gasteiger partial charge in [-0.2, -0.15) is 0 Å². The molecule has 2 aromatic heterocycles. The average molecular weight is 360 g/mol. The summed E-state index contributed by atoms with van der Waals surface area (Å²) in [4.78, 5) is 12.4. The highest BCUT2D eigenvalue weighted by atomic mass is 35.5. The van der Waals surface area contributed by atoms with Crippen LogP contribution in [0.3, 0.4) is 0 Å². The highest BCUT2D eigenvalue weighted by Crippen LogP contribution is 2.38. The first-order chi connectivity index (χ1) is 11.6. The van der Waals surface area contributed by atoms with Crippen molar-refractivity contribution in [2.24, 2.45) is 0 Å². The summed E-state index contributed by atoms with van der Waals surface area (Å²) in [6, 6.07) is 7.93. The summed E-state index contributed by atoms with van der Waals surface area (Å²) in [7, 11) is 0. The van der Waals surface area contributed by atoms with Crippen LogP contribution < -0.4 is 4.90 Å². The van der Waals surface area contributed by atoms with Crippen molar-refractivity contribution >= 4 is 39.0 Å². The van der Waals surface area contributed by atoms with Crippen LogP contribution in [0.15, 0.2) is 36.0 Å². The van der Waals surface area contributed by atoms with E-state index in [1.807, 2.05) is 24.3 Å². The number of halogens is 1. The topological polar surface area (TPSA) is 38.2 Å². The largest absolute Gasteiger partial charge is 0.372 e. The molecule has 0 amide bonds. The van der Waals surface area contributed by atoms with E-state index in [1.54, 1.807) is 17.7 Å². The van der Waals surface area contributed by atoms with Gasteiger partial charge in [-0.05, 0) is 31.5 Å². The fourth-order valence-electron chi connectivity index (χ4n) is 3.29. The van der Waals surface area contributed by atoms with Crippen molar-refractivity contribution < 1.29 is 4.74 Å². The van der Waals surface area contributed by atoms with Gasteiger partial charge in [-0.1, -0.05) is 23.7 Å². The van der Waals surface area contributed by atoms with E-state index < -0.39 is 0 Å². The number of hydrogen-bond acceptors (Lipinski definition) is 5. The second-order valence-electron chi connectivity index (χ2n) is 6.20. The number of rotatable bonds is 2. The Labute approximate surface area is 150 Å². The monoisotopic (exact) mass is 359 g/mol. The number of hydrogen-bond donors (Lipinski definition) is 0. The quantitative estimate of drug-likeness (QED) is 0.668. The predicted molar refractivity (Wildman–Crippen MR) is 100 cm³/mol. The Bertz CT molecular complexity index is 854. The second-order valence-corrected chi connectivity index (χ2v) is 7.49. The van der Waals surface area contributed by atoms with Crippen molar-refractivity contribution in [3.63, 3.8) is 0 Å². The second kappa shape index (κ2) is 6.31. The Morgan fingerprint density at radius 3 is 2.54 bits per heavy atom. The molecule has 0 radical (unpaired) electrons. The zero-order valence-electron chi connectivity index (χ0n) is 13.6. The van der Waals surface area contributed by atoms with Crippen LogP contribution in [0, 0.1) is 0 Å². The molecule has 1 fully saturated rings. The van der Waals surface area contributed by atoms with Crippen molar-refractivity contribution in [2.45, 2.75) is 26.1 Å². The number of benzene rings is 1. The molecule has 1 aliphatic rings. The SMILES string of the molecule is C[C@H]1CN(c2ncnc3scc(-c4ccc(Cl)cc4)c23)C[C@H](C)O1. The van der Waals surface area contributed by atoms with Gasteiger partial charge in [-0.25, -0.2) is 9.97 Å². The predicted octanol–water partition coefficient (Wildman–Crippen LogP) is 4.63. The van der Waals surface area contributed by atoms with Crippen molar-refractivity contribution in [3.8, 4) is 11.1 Å². The summed E-state index contributed by atoms with van der Waals surface area (Å²) < 4.78 is 5.86. The van der Waals surface area contributed by atoms with Gasteiger partial charge >= 0.3 is 0 Å². The number of anilines is 1. The molecule has 3 aromatic rings. The van der Waals surface area contributed by atoms with Crippen LogP contribution in [0.1, 0.15) is 13.8 Å². The molecule has 124 valence electrons. The van der Waals surface area contributed by atoms with E-state index in [4.69, 9.17) is 16.3 Å². The molecule has 1 saturated heterocycles. The van der Waals surface area contributed by atoms with Crippen LogP contribution in [0.2, 0.25) is 5.02 Å². The molecule has 3 heterocycles. The van der Waals surface area contributed by atoms with Crippen LogP contribution in [0.25, 0.3) is 21.3 Å². The van der Waals surface area contributed by atoms with Crippen molar-refractivity contribution in [1.82, 2.24) is 9.97 Å². The summed E-state index contributed by atoms with van der Waals surface area (Å²) in [5.41, 5.74) is 2.30. The van der Waals surface area contributed by atoms with Gasteiger partial charge in [0, 0.05) is 29.1 Å². The fourth-order valence-corrected chi connectivity index (χ4v) is 4.33. The summed E-state index contributed by atoms with van der Waals surface area (Å²) in [6.07, 6.45) is 2.04. The molecule has 0 bridgehead atoms. The molecular formula is C18H18ClN3OS. The molecule has 4 nitrogen and oxygen atoms in total. The molecule has 0 unspecified atom stereocenters. The molecule has 24 heavy (non-hydrogen) atoms. The lowest BCUT2D eigenvalue weighted by atomic mass is 10.1. The van der Waals surface area contributed by atoms with Gasteiger partial charge in [0.1, 0.15) is 17.0 Å². The molecule has 4 rings (SSSR count). The first-order valence-corrected chi connectivity index (χ1v) is 9.26. The van der Waals surface area contributed by atoms with Gasteiger partial charge in [0.2, 0.25) is 0 Å². The van der Waals surface area contributed by atoms with Crippen LogP contribution in [0.5, 0.6) is 0 Å². The van der Waals surface area contributed by atoms with Crippen LogP contribution in [-0.2, 0) is 4.74 Å². The Balaban J connectivity index is 1.84. The minimum atomic E-state index is 0.191. The van der Waals surface area contributed by atoms with Crippen molar-refractivity contribution in [2.75, 3.05) is 18.0 Å². The number of fused-ring (bicyclic) bond motifs is 1. The van der Waals surface area contributed by atoms with E-state index in [0.29, 0.717) is 0 Å². The van der Waals surface area contributed by atoms with Gasteiger partial charge in [-0.3, -0.25) is 0 Å². The minimum absolute atomic E-state index is 0.191. The van der Waals surface area contributed by atoms with Gasteiger partial charge in [0.05, 0.1) is 17.6 Å². The maximum absolute atomic E-state index is 6.03. The average Bonchev–Trinajstić information content (AvgIpc) is 2.99. The maximum atomic E-state index is 6.03. The minimum Gasteiger partial charge on any atom is -0.372 e. The van der Waals surface area contributed by atoms with Crippen LogP contribution in [0.4, 0.5) is 5.82 Å². The lowest BCUT2D eigenvalue weighted by Crippen LogP contribution is -2.45. The smallest absolute Gasteiger partial charge is 0.141 e. The van der Waals surface area contributed by atoms with E-state index in [1.165, 1.54) is 0 Å². The molecule has 0 spiro atoms. The van der Waals surface area contributed by atoms with E-state index in [9.17, 15) is 0 Å². The number of ether oxygens (including phenoxy) is 1. The third kappa shape index (κ3) is 2.88. The summed E-state index contributed by atoms with van der Waals surface area (Å²) in [6.45, 7) is 5.89. The highest BCUT2D eigenvalue weighted by Gasteiger charge is 2.26. The Kier molecular flexibility index (Phi) is 4.16. The van der Waals surface area contributed by atoms with Gasteiger partial charge in [0.15, 0.2) is 0 Å². The Morgan fingerprint density at radius 2 is 1.83 bits per heavy atom. The van der Waals surface area contributed by atoms with E-state index in [2.05, 4.69) is 34.1 Å².